The first kappa shape index (κ1) is 19.6. The van der Waals surface area contributed by atoms with E-state index in [1.54, 1.807) is 24.4 Å². The van der Waals surface area contributed by atoms with E-state index < -0.39 is 0 Å². The molecule has 0 heterocycles. The Morgan fingerprint density at radius 1 is 1.08 bits per heavy atom. The minimum Gasteiger partial charge on any atom is -0.494 e. The van der Waals surface area contributed by atoms with E-state index in [9.17, 15) is 4.79 Å². The molecule has 26 heavy (non-hydrogen) atoms. The molecule has 0 saturated heterocycles. The smallest absolute Gasteiger partial charge is 0.187 e. The predicted octanol–water partition coefficient (Wildman–Crippen LogP) is 5.05. The SMILES string of the molecule is CCOc1ccc(C(=O)C=CNc2ccc(N(CC)CC)cc2C)cc1. The predicted molar refractivity (Wildman–Crippen MR) is 109 cm³/mol. The summed E-state index contributed by atoms with van der Waals surface area (Å²) in [5.74, 6) is 0.730. The highest BCUT2D eigenvalue weighted by Gasteiger charge is 2.05. The van der Waals surface area contributed by atoms with Crippen molar-refractivity contribution in [2.45, 2.75) is 27.7 Å². The van der Waals surface area contributed by atoms with Crippen molar-refractivity contribution < 1.29 is 9.53 Å². The van der Waals surface area contributed by atoms with Gasteiger partial charge in [0.2, 0.25) is 0 Å². The summed E-state index contributed by atoms with van der Waals surface area (Å²) in [6, 6.07) is 13.5. The lowest BCUT2D eigenvalue weighted by Crippen LogP contribution is -2.21. The van der Waals surface area contributed by atoms with E-state index in [0.717, 1.165) is 30.1 Å². The molecule has 0 saturated carbocycles. The molecule has 0 atom stereocenters. The largest absolute Gasteiger partial charge is 0.494 e. The normalized spacial score (nSPS) is 10.8. The quantitative estimate of drug-likeness (QED) is 0.506. The van der Waals surface area contributed by atoms with Crippen molar-refractivity contribution in [2.75, 3.05) is 29.9 Å². The average Bonchev–Trinajstić information content (AvgIpc) is 2.65. The molecule has 0 amide bonds. The number of carbonyl (C=O) groups excluding carboxylic acids is 1. The highest BCUT2D eigenvalue weighted by atomic mass is 16.5. The Morgan fingerprint density at radius 2 is 1.77 bits per heavy atom. The van der Waals surface area contributed by atoms with Gasteiger partial charge >= 0.3 is 0 Å². The summed E-state index contributed by atoms with van der Waals surface area (Å²) in [7, 11) is 0. The second-order valence-electron chi connectivity index (χ2n) is 5.97. The Labute approximate surface area is 156 Å². The third-order valence-electron chi connectivity index (χ3n) is 4.26. The molecule has 1 N–H and O–H groups in total. The maximum Gasteiger partial charge on any atom is 0.187 e. The maximum absolute atomic E-state index is 12.2. The van der Waals surface area contributed by atoms with Crippen LogP contribution in [-0.2, 0) is 0 Å². The topological polar surface area (TPSA) is 41.6 Å². The molecule has 138 valence electrons. The molecule has 2 rings (SSSR count). The van der Waals surface area contributed by atoms with Crippen molar-refractivity contribution in [3.05, 3.63) is 65.9 Å². The average molecular weight is 352 g/mol. The molecule has 2 aromatic rings. The van der Waals surface area contributed by atoms with E-state index in [2.05, 4.69) is 49.2 Å². The third-order valence-corrected chi connectivity index (χ3v) is 4.26. The van der Waals surface area contributed by atoms with E-state index >= 15 is 0 Å². The maximum atomic E-state index is 12.2. The molecule has 0 aliphatic rings. The Balaban J connectivity index is 2.00. The van der Waals surface area contributed by atoms with Crippen LogP contribution < -0.4 is 15.0 Å². The summed E-state index contributed by atoms with van der Waals surface area (Å²) in [6.07, 6.45) is 3.24. The summed E-state index contributed by atoms with van der Waals surface area (Å²) in [4.78, 5) is 14.5. The minimum atomic E-state index is -0.0436. The Bertz CT molecular complexity index is 747. The number of hydrogen-bond donors (Lipinski definition) is 1. The molecule has 0 spiro atoms. The number of anilines is 2. The first-order chi connectivity index (χ1) is 12.6. The standard InChI is InChI=1S/C22H28N2O2/c1-5-24(6-2)19-10-13-21(17(4)16-19)23-15-14-22(25)18-8-11-20(12-9-18)26-7-3/h8-16,23H,5-7H2,1-4H3. The van der Waals surface area contributed by atoms with Crippen molar-refractivity contribution in [3.8, 4) is 5.75 Å². The van der Waals surface area contributed by atoms with Crippen LogP contribution in [0.15, 0.2) is 54.7 Å². The highest BCUT2D eigenvalue weighted by molar-refractivity contribution is 6.04. The summed E-state index contributed by atoms with van der Waals surface area (Å²) in [5, 5.41) is 3.20. The molecule has 4 nitrogen and oxygen atoms in total. The zero-order chi connectivity index (χ0) is 18.9. The van der Waals surface area contributed by atoms with Crippen molar-refractivity contribution >= 4 is 17.2 Å². The molecule has 0 fully saturated rings. The summed E-state index contributed by atoms with van der Waals surface area (Å²) >= 11 is 0. The van der Waals surface area contributed by atoms with Crippen LogP contribution in [-0.4, -0.2) is 25.5 Å². The highest BCUT2D eigenvalue weighted by Crippen LogP contribution is 2.22. The van der Waals surface area contributed by atoms with Crippen LogP contribution in [0.3, 0.4) is 0 Å². The fourth-order valence-electron chi connectivity index (χ4n) is 2.78. The number of ketones is 1. The minimum absolute atomic E-state index is 0.0436. The van der Waals surface area contributed by atoms with Gasteiger partial charge < -0.3 is 15.0 Å². The van der Waals surface area contributed by atoms with Gasteiger partial charge in [-0.1, -0.05) is 0 Å². The molecule has 0 aliphatic heterocycles. The van der Waals surface area contributed by atoms with Gasteiger partial charge in [0.15, 0.2) is 5.78 Å². The van der Waals surface area contributed by atoms with E-state index in [0.29, 0.717) is 12.2 Å². The number of ether oxygens (including phenoxy) is 1. The first-order valence-electron chi connectivity index (χ1n) is 9.14. The Morgan fingerprint density at radius 3 is 2.35 bits per heavy atom. The summed E-state index contributed by atoms with van der Waals surface area (Å²) < 4.78 is 5.39. The molecule has 4 heteroatoms. The van der Waals surface area contributed by atoms with Gasteiger partial charge in [0.1, 0.15) is 5.75 Å². The molecule has 0 radical (unpaired) electrons. The number of rotatable bonds is 9. The van der Waals surface area contributed by atoms with Crippen molar-refractivity contribution in [2.24, 2.45) is 0 Å². The Hall–Kier alpha value is -2.75. The van der Waals surface area contributed by atoms with Crippen molar-refractivity contribution in [3.63, 3.8) is 0 Å². The fourth-order valence-corrected chi connectivity index (χ4v) is 2.78. The van der Waals surface area contributed by atoms with Crippen molar-refractivity contribution in [1.82, 2.24) is 0 Å². The van der Waals surface area contributed by atoms with E-state index in [-0.39, 0.29) is 5.78 Å². The van der Waals surface area contributed by atoms with Crippen LogP contribution in [0.4, 0.5) is 11.4 Å². The lowest BCUT2D eigenvalue weighted by Gasteiger charge is -2.22. The fraction of sp³-hybridized carbons (Fsp3) is 0.318. The van der Waals surface area contributed by atoms with Crippen LogP contribution in [0, 0.1) is 6.92 Å². The molecular formula is C22H28N2O2. The lowest BCUT2D eigenvalue weighted by molar-refractivity contribution is 0.104. The second-order valence-corrected chi connectivity index (χ2v) is 5.97. The number of hydrogen-bond acceptors (Lipinski definition) is 4. The van der Waals surface area contributed by atoms with Gasteiger partial charge in [-0.2, -0.15) is 0 Å². The third kappa shape index (κ3) is 5.12. The zero-order valence-electron chi connectivity index (χ0n) is 16.1. The second kappa shape index (κ2) is 9.66. The van der Waals surface area contributed by atoms with Gasteiger partial charge in [-0.05, 0) is 75.7 Å². The Kier molecular flexibility index (Phi) is 7.27. The molecule has 0 unspecified atom stereocenters. The van der Waals surface area contributed by atoms with Gasteiger partial charge in [0, 0.05) is 42.3 Å². The van der Waals surface area contributed by atoms with Crippen LogP contribution in [0.2, 0.25) is 0 Å². The first-order valence-corrected chi connectivity index (χ1v) is 9.14. The molecule has 2 aromatic carbocycles. The van der Waals surface area contributed by atoms with Crippen molar-refractivity contribution in [1.29, 1.82) is 0 Å². The van der Waals surface area contributed by atoms with E-state index in [4.69, 9.17) is 4.74 Å². The van der Waals surface area contributed by atoms with Gasteiger partial charge in [-0.15, -0.1) is 0 Å². The van der Waals surface area contributed by atoms with E-state index in [1.807, 2.05) is 19.1 Å². The number of allylic oxidation sites excluding steroid dienone is 1. The number of nitrogens with zero attached hydrogens (tertiary/aromatic N) is 1. The number of benzene rings is 2. The van der Waals surface area contributed by atoms with Crippen LogP contribution in [0.25, 0.3) is 0 Å². The monoisotopic (exact) mass is 352 g/mol. The number of nitrogens with one attached hydrogen (secondary N) is 1. The van der Waals surface area contributed by atoms with Gasteiger partial charge in [0.05, 0.1) is 6.61 Å². The number of carbonyl (C=O) groups is 1. The summed E-state index contributed by atoms with van der Waals surface area (Å²) in [5.41, 5.74) is 4.00. The molecule has 0 aromatic heterocycles. The number of aryl methyl sites for hydroxylation is 1. The molecular weight excluding hydrogens is 324 g/mol. The van der Waals surface area contributed by atoms with Crippen LogP contribution in [0.5, 0.6) is 5.75 Å². The van der Waals surface area contributed by atoms with Crippen LogP contribution >= 0.6 is 0 Å². The van der Waals surface area contributed by atoms with Gasteiger partial charge in [-0.25, -0.2) is 0 Å². The molecule has 0 bridgehead atoms. The van der Waals surface area contributed by atoms with E-state index in [1.165, 1.54) is 5.69 Å². The van der Waals surface area contributed by atoms with Crippen LogP contribution in [0.1, 0.15) is 36.7 Å². The lowest BCUT2D eigenvalue weighted by atomic mass is 10.1. The van der Waals surface area contributed by atoms with Gasteiger partial charge in [0.25, 0.3) is 0 Å². The zero-order valence-corrected chi connectivity index (χ0v) is 16.1. The molecule has 0 aliphatic carbocycles. The summed E-state index contributed by atoms with van der Waals surface area (Å²) in [6.45, 7) is 10.9. The van der Waals surface area contributed by atoms with Gasteiger partial charge in [-0.3, -0.25) is 4.79 Å².